The minimum atomic E-state index is 0.335. The molecule has 1 heterocycles. The normalized spacial score (nSPS) is 15.6. The molecule has 1 fully saturated rings. The van der Waals surface area contributed by atoms with E-state index in [1.165, 1.54) is 37.8 Å². The predicted octanol–water partition coefficient (Wildman–Crippen LogP) is 4.37. The minimum absolute atomic E-state index is 0.335. The molecule has 0 radical (unpaired) electrons. The molecular formula is C23H42N4O. The second-order valence-electron chi connectivity index (χ2n) is 7.63. The number of likely N-dealkylation sites (N-methyl/N-ethyl adjacent to an activating group) is 1. The summed E-state index contributed by atoms with van der Waals surface area (Å²) < 4.78 is 0. The van der Waals surface area contributed by atoms with Gasteiger partial charge in [0.2, 0.25) is 0 Å². The largest absolute Gasteiger partial charge is 0.508 e. The summed E-state index contributed by atoms with van der Waals surface area (Å²) in [5, 5.41) is 19.6. The van der Waals surface area contributed by atoms with Crippen LogP contribution < -0.4 is 10.2 Å². The Hall–Kier alpha value is -1.59. The number of aromatic hydroxyl groups is 1. The Bertz CT molecular complexity index is 498. The lowest BCUT2D eigenvalue weighted by Crippen LogP contribution is -2.47. The highest BCUT2D eigenvalue weighted by atomic mass is 16.3. The molecule has 0 amide bonds. The zero-order valence-corrected chi connectivity index (χ0v) is 18.3. The summed E-state index contributed by atoms with van der Waals surface area (Å²) >= 11 is 0. The third-order valence-electron chi connectivity index (χ3n) is 5.45. The van der Waals surface area contributed by atoms with E-state index in [0.29, 0.717) is 11.7 Å². The smallest absolute Gasteiger partial charge is 0.115 e. The van der Waals surface area contributed by atoms with Crippen molar-refractivity contribution in [3.05, 3.63) is 24.3 Å². The number of rotatable bonds is 11. The zero-order chi connectivity index (χ0) is 20.6. The van der Waals surface area contributed by atoms with E-state index >= 15 is 0 Å². The number of hydrogen-bond acceptors (Lipinski definition) is 5. The van der Waals surface area contributed by atoms with Crippen molar-refractivity contribution in [3.8, 4) is 5.75 Å². The van der Waals surface area contributed by atoms with Crippen molar-refractivity contribution < 1.29 is 5.11 Å². The van der Waals surface area contributed by atoms with Crippen LogP contribution in [0.1, 0.15) is 52.4 Å². The van der Waals surface area contributed by atoms with Crippen LogP contribution in [0.15, 0.2) is 24.3 Å². The summed E-state index contributed by atoms with van der Waals surface area (Å²) in [5.41, 5.74) is 1.20. The van der Waals surface area contributed by atoms with Gasteiger partial charge in [0, 0.05) is 45.0 Å². The summed E-state index contributed by atoms with van der Waals surface area (Å²) in [6.45, 7) is 10.9. The van der Waals surface area contributed by atoms with Crippen LogP contribution in [0.2, 0.25) is 0 Å². The summed E-state index contributed by atoms with van der Waals surface area (Å²) in [7, 11) is 1.99. The fourth-order valence-electron chi connectivity index (χ4n) is 3.40. The van der Waals surface area contributed by atoms with Gasteiger partial charge >= 0.3 is 0 Å². The van der Waals surface area contributed by atoms with Crippen molar-refractivity contribution in [1.82, 2.24) is 10.2 Å². The fraction of sp³-hybridized carbons (Fsp3) is 0.696. The third-order valence-corrected chi connectivity index (χ3v) is 5.45. The van der Waals surface area contributed by atoms with Gasteiger partial charge in [-0.25, -0.2) is 0 Å². The highest BCUT2D eigenvalue weighted by Gasteiger charge is 2.16. The molecule has 0 spiro atoms. The molecule has 1 aliphatic rings. The first-order chi connectivity index (χ1) is 13.6. The van der Waals surface area contributed by atoms with E-state index in [2.05, 4.69) is 29.0 Å². The molecule has 5 heteroatoms. The van der Waals surface area contributed by atoms with E-state index in [-0.39, 0.29) is 0 Å². The average molecular weight is 391 g/mol. The molecule has 1 saturated heterocycles. The van der Waals surface area contributed by atoms with Crippen LogP contribution in [0.3, 0.4) is 0 Å². The Morgan fingerprint density at radius 1 is 1.07 bits per heavy atom. The highest BCUT2D eigenvalue weighted by Crippen LogP contribution is 2.19. The molecule has 1 atom stereocenters. The average Bonchev–Trinajstić information content (AvgIpc) is 2.74. The van der Waals surface area contributed by atoms with Crippen molar-refractivity contribution in [2.24, 2.45) is 5.92 Å². The number of unbranched alkanes of at least 4 members (excludes halogenated alkanes) is 3. The molecule has 1 aliphatic heterocycles. The number of phenolic OH excluding ortho intramolecular Hbond substituents is 1. The van der Waals surface area contributed by atoms with Gasteiger partial charge in [-0.05, 0) is 56.3 Å². The highest BCUT2D eigenvalue weighted by molar-refractivity contribution is 5.56. The standard InChI is InChI=1S/C13H21N3O.C10H21N/c1-14-6-7-15-8-10-16(11-9-15)12-2-4-13(17)5-3-12;1-3-5-6-7-8-10(4-2)9-11/h2-5,14,17H,6-11H2,1H3;9-11H,3-8H2,1-2H3. The van der Waals surface area contributed by atoms with Crippen LogP contribution >= 0.6 is 0 Å². The van der Waals surface area contributed by atoms with Crippen LogP contribution in [0.5, 0.6) is 5.75 Å². The predicted molar refractivity (Wildman–Crippen MR) is 122 cm³/mol. The second-order valence-corrected chi connectivity index (χ2v) is 7.63. The maximum Gasteiger partial charge on any atom is 0.115 e. The van der Waals surface area contributed by atoms with Gasteiger partial charge < -0.3 is 20.7 Å². The number of nitrogens with one attached hydrogen (secondary N) is 2. The molecular weight excluding hydrogens is 348 g/mol. The monoisotopic (exact) mass is 390 g/mol. The van der Waals surface area contributed by atoms with Crippen molar-refractivity contribution in [2.45, 2.75) is 52.4 Å². The van der Waals surface area contributed by atoms with E-state index in [0.717, 1.165) is 45.7 Å². The SMILES string of the molecule is CCCCCCC(C=N)CC.CNCCN1CCN(c2ccc(O)cc2)CC1. The van der Waals surface area contributed by atoms with Gasteiger partial charge in [-0.1, -0.05) is 39.5 Å². The van der Waals surface area contributed by atoms with Crippen LogP contribution in [0, 0.1) is 11.3 Å². The first-order valence-corrected chi connectivity index (χ1v) is 11.1. The van der Waals surface area contributed by atoms with Gasteiger partial charge in [-0.15, -0.1) is 0 Å². The van der Waals surface area contributed by atoms with E-state index in [4.69, 9.17) is 5.41 Å². The van der Waals surface area contributed by atoms with Crippen LogP contribution in [-0.4, -0.2) is 62.5 Å². The molecule has 1 aromatic carbocycles. The molecule has 160 valence electrons. The third kappa shape index (κ3) is 10.1. The molecule has 28 heavy (non-hydrogen) atoms. The van der Waals surface area contributed by atoms with Crippen molar-refractivity contribution in [3.63, 3.8) is 0 Å². The van der Waals surface area contributed by atoms with Gasteiger partial charge in [0.25, 0.3) is 0 Å². The Morgan fingerprint density at radius 2 is 1.75 bits per heavy atom. The Morgan fingerprint density at radius 3 is 2.29 bits per heavy atom. The van der Waals surface area contributed by atoms with E-state index in [1.54, 1.807) is 18.3 Å². The maximum atomic E-state index is 9.26. The number of hydrogen-bond donors (Lipinski definition) is 3. The lowest BCUT2D eigenvalue weighted by Gasteiger charge is -2.36. The summed E-state index contributed by atoms with van der Waals surface area (Å²) in [6.07, 6.45) is 9.28. The van der Waals surface area contributed by atoms with Gasteiger partial charge in [0.15, 0.2) is 0 Å². The van der Waals surface area contributed by atoms with Crippen molar-refractivity contribution in [1.29, 1.82) is 5.41 Å². The van der Waals surface area contributed by atoms with Gasteiger partial charge in [0.1, 0.15) is 5.75 Å². The zero-order valence-electron chi connectivity index (χ0n) is 18.3. The molecule has 0 aliphatic carbocycles. The summed E-state index contributed by atoms with van der Waals surface area (Å²) in [6, 6.07) is 7.47. The molecule has 1 aromatic rings. The van der Waals surface area contributed by atoms with Crippen LogP contribution in [0.4, 0.5) is 5.69 Å². The number of benzene rings is 1. The lowest BCUT2D eigenvalue weighted by atomic mass is 10.00. The van der Waals surface area contributed by atoms with Gasteiger partial charge in [-0.3, -0.25) is 4.90 Å². The van der Waals surface area contributed by atoms with Crippen LogP contribution in [0.25, 0.3) is 0 Å². The Balaban J connectivity index is 0.000000311. The maximum absolute atomic E-state index is 9.26. The van der Waals surface area contributed by atoms with Crippen molar-refractivity contribution >= 4 is 11.9 Å². The molecule has 3 N–H and O–H groups in total. The van der Waals surface area contributed by atoms with Crippen molar-refractivity contribution in [2.75, 3.05) is 51.2 Å². The first kappa shape index (κ1) is 24.4. The first-order valence-electron chi connectivity index (χ1n) is 11.1. The van der Waals surface area contributed by atoms with Gasteiger partial charge in [-0.2, -0.15) is 0 Å². The molecule has 1 unspecified atom stereocenters. The molecule has 5 nitrogen and oxygen atoms in total. The lowest BCUT2D eigenvalue weighted by molar-refractivity contribution is 0.260. The minimum Gasteiger partial charge on any atom is -0.508 e. The number of nitrogens with zero attached hydrogens (tertiary/aromatic N) is 2. The van der Waals surface area contributed by atoms with E-state index < -0.39 is 0 Å². The molecule has 2 rings (SSSR count). The molecule has 0 saturated carbocycles. The number of anilines is 1. The van der Waals surface area contributed by atoms with Crippen LogP contribution in [-0.2, 0) is 0 Å². The van der Waals surface area contributed by atoms with Gasteiger partial charge in [0.05, 0.1) is 0 Å². The second kappa shape index (κ2) is 15.3. The Kier molecular flexibility index (Phi) is 13.4. The summed E-state index contributed by atoms with van der Waals surface area (Å²) in [5.74, 6) is 0.883. The number of phenols is 1. The van der Waals surface area contributed by atoms with E-state index in [1.807, 2.05) is 19.2 Å². The molecule has 0 bridgehead atoms. The number of piperazine rings is 1. The summed E-state index contributed by atoms with van der Waals surface area (Å²) in [4.78, 5) is 4.85. The van der Waals surface area contributed by atoms with E-state index in [9.17, 15) is 5.11 Å². The Labute approximate surface area is 172 Å². The topological polar surface area (TPSA) is 62.6 Å². The quantitative estimate of drug-likeness (QED) is 0.388. The fourth-order valence-corrected chi connectivity index (χ4v) is 3.40. The molecule has 0 aromatic heterocycles.